The van der Waals surface area contributed by atoms with Gasteiger partial charge in [0.1, 0.15) is 5.82 Å². The Morgan fingerprint density at radius 3 is 2.78 bits per heavy atom. The number of nitriles is 1. The lowest BCUT2D eigenvalue weighted by Gasteiger charge is -2.00. The number of aromatic nitrogens is 2. The Morgan fingerprint density at radius 1 is 1.39 bits per heavy atom. The highest BCUT2D eigenvalue weighted by atomic mass is 32.2. The molecule has 2 aromatic rings. The predicted octanol–water partition coefficient (Wildman–Crippen LogP) is 3.42. The van der Waals surface area contributed by atoms with Gasteiger partial charge in [0.15, 0.2) is 4.34 Å². The molecule has 0 bridgehead atoms. The average Bonchev–Trinajstić information content (AvgIpc) is 2.79. The van der Waals surface area contributed by atoms with Crippen molar-refractivity contribution in [2.45, 2.75) is 16.5 Å². The van der Waals surface area contributed by atoms with Crippen LogP contribution in [0.1, 0.15) is 6.92 Å². The minimum absolute atomic E-state index is 0.156. The molecule has 1 heterocycles. The molecule has 7 heteroatoms. The molecule has 1 aromatic heterocycles. The van der Waals surface area contributed by atoms with Crippen LogP contribution in [0, 0.1) is 17.1 Å². The number of hydrogen-bond acceptors (Lipinski definition) is 6. The molecular weight excluding hydrogens is 271 g/mol. The van der Waals surface area contributed by atoms with E-state index in [1.807, 2.05) is 0 Å². The van der Waals surface area contributed by atoms with E-state index in [4.69, 9.17) is 5.26 Å². The van der Waals surface area contributed by atoms with Gasteiger partial charge in [-0.3, -0.25) is 0 Å². The van der Waals surface area contributed by atoms with Crippen LogP contribution in [-0.4, -0.2) is 15.4 Å². The summed E-state index contributed by atoms with van der Waals surface area (Å²) in [6, 6.07) is 8.11. The first kappa shape index (κ1) is 12.8. The Bertz CT molecular complexity index is 561. The van der Waals surface area contributed by atoms with Crippen molar-refractivity contribution < 1.29 is 4.39 Å². The zero-order chi connectivity index (χ0) is 13.0. The molecule has 0 saturated heterocycles. The second kappa shape index (κ2) is 5.80. The van der Waals surface area contributed by atoms with Gasteiger partial charge >= 0.3 is 0 Å². The minimum atomic E-state index is -0.281. The fourth-order valence-electron chi connectivity index (χ4n) is 1.14. The summed E-state index contributed by atoms with van der Waals surface area (Å²) in [6.07, 6.45) is 0. The largest absolute Gasteiger partial charge is 0.330 e. The molecule has 2 rings (SSSR count). The van der Waals surface area contributed by atoms with Crippen LogP contribution in [0.5, 0.6) is 0 Å². The van der Waals surface area contributed by atoms with Gasteiger partial charge in [-0.25, -0.2) is 4.39 Å². The second-order valence-corrected chi connectivity index (χ2v) is 5.96. The summed E-state index contributed by atoms with van der Waals surface area (Å²) in [6.45, 7) is 1.80. The summed E-state index contributed by atoms with van der Waals surface area (Å²) < 4.78 is 13.5. The van der Waals surface area contributed by atoms with Gasteiger partial charge in [0.25, 0.3) is 0 Å². The maximum atomic E-state index is 12.7. The standard InChI is InChI=1S/C11H9FN4S2/c1-7(6-13)17-11-16-15-10(18-11)14-9-4-2-8(12)3-5-9/h2-5,7H,1H3,(H,14,15)/t7-/m1/s1. The van der Waals surface area contributed by atoms with Crippen molar-refractivity contribution in [3.8, 4) is 6.07 Å². The van der Waals surface area contributed by atoms with Gasteiger partial charge in [-0.2, -0.15) is 5.26 Å². The summed E-state index contributed by atoms with van der Waals surface area (Å²) in [5.74, 6) is -0.281. The lowest BCUT2D eigenvalue weighted by atomic mass is 10.3. The van der Waals surface area contributed by atoms with E-state index in [2.05, 4.69) is 21.6 Å². The Balaban J connectivity index is 2.02. The van der Waals surface area contributed by atoms with Crippen LogP contribution in [0.4, 0.5) is 15.2 Å². The SMILES string of the molecule is C[C@H](C#N)Sc1nnc(Nc2ccc(F)cc2)s1. The third-order valence-corrected chi connectivity index (χ3v) is 3.88. The topological polar surface area (TPSA) is 61.6 Å². The summed E-state index contributed by atoms with van der Waals surface area (Å²) in [5, 5.41) is 20.1. The summed E-state index contributed by atoms with van der Waals surface area (Å²) >= 11 is 2.72. The normalized spacial score (nSPS) is 11.8. The first-order valence-corrected chi connectivity index (χ1v) is 6.79. The third kappa shape index (κ3) is 3.42. The van der Waals surface area contributed by atoms with Gasteiger partial charge < -0.3 is 5.32 Å². The van der Waals surface area contributed by atoms with Crippen LogP contribution in [0.3, 0.4) is 0 Å². The Labute approximate surface area is 112 Å². The molecule has 0 saturated carbocycles. The number of thioether (sulfide) groups is 1. The monoisotopic (exact) mass is 280 g/mol. The Kier molecular flexibility index (Phi) is 4.12. The molecule has 1 atom stereocenters. The van der Waals surface area contributed by atoms with Crippen molar-refractivity contribution in [3.63, 3.8) is 0 Å². The quantitative estimate of drug-likeness (QED) is 0.869. The predicted molar refractivity (Wildman–Crippen MR) is 70.5 cm³/mol. The van der Waals surface area contributed by atoms with Crippen molar-refractivity contribution in [1.29, 1.82) is 5.26 Å². The lowest BCUT2D eigenvalue weighted by Crippen LogP contribution is -1.89. The number of hydrogen-bond donors (Lipinski definition) is 1. The smallest absolute Gasteiger partial charge is 0.210 e. The zero-order valence-electron chi connectivity index (χ0n) is 9.42. The maximum absolute atomic E-state index is 12.7. The van der Waals surface area contributed by atoms with E-state index < -0.39 is 0 Å². The summed E-state index contributed by atoms with van der Waals surface area (Å²) in [4.78, 5) is 0. The van der Waals surface area contributed by atoms with Gasteiger partial charge in [-0.1, -0.05) is 23.1 Å². The second-order valence-electron chi connectivity index (χ2n) is 3.39. The van der Waals surface area contributed by atoms with Crippen LogP contribution in [-0.2, 0) is 0 Å². The number of rotatable bonds is 4. The molecule has 92 valence electrons. The zero-order valence-corrected chi connectivity index (χ0v) is 11.1. The molecule has 18 heavy (non-hydrogen) atoms. The Morgan fingerprint density at radius 2 is 2.11 bits per heavy atom. The van der Waals surface area contributed by atoms with Crippen LogP contribution < -0.4 is 5.32 Å². The average molecular weight is 280 g/mol. The molecule has 0 amide bonds. The van der Waals surface area contributed by atoms with Gasteiger partial charge in [-0.15, -0.1) is 10.2 Å². The molecule has 4 nitrogen and oxygen atoms in total. The van der Waals surface area contributed by atoms with Crippen LogP contribution in [0.25, 0.3) is 0 Å². The maximum Gasteiger partial charge on any atom is 0.210 e. The van der Waals surface area contributed by atoms with E-state index in [1.54, 1.807) is 19.1 Å². The third-order valence-electron chi connectivity index (χ3n) is 1.96. The van der Waals surface area contributed by atoms with Crippen molar-refractivity contribution in [2.24, 2.45) is 0 Å². The highest BCUT2D eigenvalue weighted by molar-refractivity contribution is 8.01. The van der Waals surface area contributed by atoms with Crippen LogP contribution in [0.2, 0.25) is 0 Å². The van der Waals surface area contributed by atoms with E-state index in [9.17, 15) is 4.39 Å². The van der Waals surface area contributed by atoms with Gasteiger partial charge in [0.05, 0.1) is 11.3 Å². The van der Waals surface area contributed by atoms with E-state index in [1.165, 1.54) is 35.2 Å². The fourth-order valence-corrected chi connectivity index (χ4v) is 2.95. The lowest BCUT2D eigenvalue weighted by molar-refractivity contribution is 0.628. The number of benzene rings is 1. The highest BCUT2D eigenvalue weighted by Crippen LogP contribution is 2.29. The van der Waals surface area contributed by atoms with Crippen molar-refractivity contribution in [2.75, 3.05) is 5.32 Å². The number of nitrogens with zero attached hydrogens (tertiary/aromatic N) is 3. The van der Waals surface area contributed by atoms with Crippen molar-refractivity contribution in [1.82, 2.24) is 10.2 Å². The summed E-state index contributed by atoms with van der Waals surface area (Å²) in [5.41, 5.74) is 0.748. The molecule has 1 aromatic carbocycles. The number of anilines is 2. The molecule has 0 unspecified atom stereocenters. The van der Waals surface area contributed by atoms with Gasteiger partial charge in [0, 0.05) is 5.69 Å². The minimum Gasteiger partial charge on any atom is -0.330 e. The highest BCUT2D eigenvalue weighted by Gasteiger charge is 2.09. The van der Waals surface area contributed by atoms with E-state index >= 15 is 0 Å². The molecule has 0 aliphatic heterocycles. The first-order chi connectivity index (χ1) is 8.67. The summed E-state index contributed by atoms with van der Waals surface area (Å²) in [7, 11) is 0. The molecular formula is C11H9FN4S2. The molecule has 0 aliphatic rings. The van der Waals surface area contributed by atoms with E-state index in [0.29, 0.717) is 5.13 Å². The molecule has 0 fully saturated rings. The van der Waals surface area contributed by atoms with E-state index in [-0.39, 0.29) is 11.1 Å². The molecule has 1 N–H and O–H groups in total. The van der Waals surface area contributed by atoms with Crippen LogP contribution >= 0.6 is 23.1 Å². The number of halogens is 1. The Hall–Kier alpha value is -1.65. The van der Waals surface area contributed by atoms with Crippen LogP contribution in [0.15, 0.2) is 28.6 Å². The molecule has 0 radical (unpaired) electrons. The van der Waals surface area contributed by atoms with Crippen molar-refractivity contribution >= 4 is 33.9 Å². The van der Waals surface area contributed by atoms with E-state index in [0.717, 1.165) is 10.0 Å². The number of nitrogens with one attached hydrogen (secondary N) is 1. The van der Waals surface area contributed by atoms with Gasteiger partial charge in [-0.05, 0) is 31.2 Å². The molecule has 0 spiro atoms. The first-order valence-electron chi connectivity index (χ1n) is 5.10. The molecule has 0 aliphatic carbocycles. The van der Waals surface area contributed by atoms with Crippen molar-refractivity contribution in [3.05, 3.63) is 30.1 Å². The van der Waals surface area contributed by atoms with Gasteiger partial charge in [0.2, 0.25) is 5.13 Å². The fraction of sp³-hybridized carbons (Fsp3) is 0.182.